The molecule has 1 amide bonds. The van der Waals surface area contributed by atoms with Crippen molar-refractivity contribution < 1.29 is 18.7 Å². The average Bonchev–Trinajstić information content (AvgIpc) is 3.26. The molecule has 0 fully saturated rings. The standard InChI is InChI=1S/C19H18FN3O3S/c1-22(2)7-8-23(19-21-14-5-4-13(20)10-17(14)27-19)18(24)12-3-6-15-16(9-12)26-11-25-15/h3-6,9-10H,7-8,11H2,1-2H3. The number of anilines is 1. The molecular weight excluding hydrogens is 369 g/mol. The van der Waals surface area contributed by atoms with Crippen LogP contribution in [0, 0.1) is 5.82 Å². The normalized spacial score (nSPS) is 12.7. The Morgan fingerprint density at radius 2 is 1.96 bits per heavy atom. The van der Waals surface area contributed by atoms with Gasteiger partial charge >= 0.3 is 0 Å². The Morgan fingerprint density at radius 1 is 1.15 bits per heavy atom. The summed E-state index contributed by atoms with van der Waals surface area (Å²) < 4.78 is 24.9. The van der Waals surface area contributed by atoms with Gasteiger partial charge in [0.25, 0.3) is 5.91 Å². The van der Waals surface area contributed by atoms with E-state index in [1.165, 1.54) is 23.5 Å². The molecule has 0 spiro atoms. The van der Waals surface area contributed by atoms with Crippen LogP contribution in [0.5, 0.6) is 11.5 Å². The van der Waals surface area contributed by atoms with Gasteiger partial charge in [-0.2, -0.15) is 0 Å². The number of hydrogen-bond donors (Lipinski definition) is 0. The van der Waals surface area contributed by atoms with Gasteiger partial charge in [0.2, 0.25) is 6.79 Å². The lowest BCUT2D eigenvalue weighted by Gasteiger charge is -2.22. The monoisotopic (exact) mass is 387 g/mol. The van der Waals surface area contributed by atoms with Gasteiger partial charge in [-0.05, 0) is 50.5 Å². The van der Waals surface area contributed by atoms with Gasteiger partial charge in [-0.15, -0.1) is 0 Å². The molecule has 1 aliphatic heterocycles. The number of rotatable bonds is 5. The lowest BCUT2D eigenvalue weighted by molar-refractivity contribution is 0.0984. The smallest absolute Gasteiger partial charge is 0.260 e. The van der Waals surface area contributed by atoms with Crippen molar-refractivity contribution in [3.63, 3.8) is 0 Å². The van der Waals surface area contributed by atoms with Crippen molar-refractivity contribution in [1.29, 1.82) is 0 Å². The fourth-order valence-electron chi connectivity index (χ4n) is 2.77. The number of hydrogen-bond acceptors (Lipinski definition) is 6. The van der Waals surface area contributed by atoms with Crippen LogP contribution >= 0.6 is 11.3 Å². The number of nitrogens with zero attached hydrogens (tertiary/aromatic N) is 3. The number of likely N-dealkylation sites (N-methyl/N-ethyl adjacent to an activating group) is 1. The van der Waals surface area contributed by atoms with E-state index in [-0.39, 0.29) is 18.5 Å². The van der Waals surface area contributed by atoms with Gasteiger partial charge in [0.05, 0.1) is 10.2 Å². The molecule has 2 heterocycles. The van der Waals surface area contributed by atoms with Crippen LogP contribution in [-0.2, 0) is 0 Å². The minimum Gasteiger partial charge on any atom is -0.454 e. The van der Waals surface area contributed by atoms with Gasteiger partial charge in [0.1, 0.15) is 5.82 Å². The summed E-state index contributed by atoms with van der Waals surface area (Å²) in [6, 6.07) is 9.56. The molecule has 1 aromatic heterocycles. The molecule has 2 aromatic carbocycles. The fraction of sp³-hybridized carbons (Fsp3) is 0.263. The van der Waals surface area contributed by atoms with Crippen LogP contribution in [0.1, 0.15) is 10.4 Å². The highest BCUT2D eigenvalue weighted by Crippen LogP contribution is 2.34. The predicted octanol–water partition coefficient (Wildman–Crippen LogP) is 3.37. The largest absolute Gasteiger partial charge is 0.454 e. The van der Waals surface area contributed by atoms with E-state index in [1.807, 2.05) is 19.0 Å². The van der Waals surface area contributed by atoms with Crippen molar-refractivity contribution in [2.75, 3.05) is 38.9 Å². The summed E-state index contributed by atoms with van der Waals surface area (Å²) in [7, 11) is 3.88. The average molecular weight is 387 g/mol. The van der Waals surface area contributed by atoms with Gasteiger partial charge in [-0.25, -0.2) is 9.37 Å². The Labute approximate surface area is 159 Å². The van der Waals surface area contributed by atoms with Crippen molar-refractivity contribution in [1.82, 2.24) is 9.88 Å². The fourth-order valence-corrected chi connectivity index (χ4v) is 3.79. The van der Waals surface area contributed by atoms with Gasteiger partial charge in [0.15, 0.2) is 16.6 Å². The summed E-state index contributed by atoms with van der Waals surface area (Å²) in [5.41, 5.74) is 1.16. The lowest BCUT2D eigenvalue weighted by atomic mass is 10.2. The summed E-state index contributed by atoms with van der Waals surface area (Å²) in [5.74, 6) is 0.677. The van der Waals surface area contributed by atoms with Crippen molar-refractivity contribution in [3.8, 4) is 11.5 Å². The summed E-state index contributed by atoms with van der Waals surface area (Å²) in [4.78, 5) is 21.4. The summed E-state index contributed by atoms with van der Waals surface area (Å²) in [6.07, 6.45) is 0. The molecule has 140 valence electrons. The number of ether oxygens (including phenoxy) is 2. The number of carbonyl (C=O) groups excluding carboxylic acids is 1. The number of fused-ring (bicyclic) bond motifs is 2. The van der Waals surface area contributed by atoms with Crippen LogP contribution in [0.2, 0.25) is 0 Å². The topological polar surface area (TPSA) is 54.9 Å². The van der Waals surface area contributed by atoms with E-state index in [0.29, 0.717) is 45.5 Å². The molecule has 0 unspecified atom stereocenters. The first-order valence-corrected chi connectivity index (χ1v) is 9.25. The van der Waals surface area contributed by atoms with Crippen LogP contribution in [0.3, 0.4) is 0 Å². The van der Waals surface area contributed by atoms with Gasteiger partial charge in [0, 0.05) is 18.7 Å². The predicted molar refractivity (Wildman–Crippen MR) is 102 cm³/mol. The Balaban J connectivity index is 1.69. The first-order valence-electron chi connectivity index (χ1n) is 8.43. The number of thiazole rings is 1. The molecule has 3 aromatic rings. The lowest BCUT2D eigenvalue weighted by Crippen LogP contribution is -2.36. The van der Waals surface area contributed by atoms with Gasteiger partial charge in [-0.3, -0.25) is 9.69 Å². The Kier molecular flexibility index (Phi) is 4.67. The quantitative estimate of drug-likeness (QED) is 0.672. The molecule has 4 rings (SSSR count). The molecule has 0 saturated carbocycles. The summed E-state index contributed by atoms with van der Waals surface area (Å²) in [5, 5.41) is 0.542. The number of carbonyl (C=O) groups is 1. The third kappa shape index (κ3) is 3.58. The van der Waals surface area contributed by atoms with Crippen LogP contribution in [0.4, 0.5) is 9.52 Å². The Hall–Kier alpha value is -2.71. The first kappa shape index (κ1) is 17.7. The second kappa shape index (κ2) is 7.13. The number of amides is 1. The van der Waals surface area contributed by atoms with E-state index >= 15 is 0 Å². The van der Waals surface area contributed by atoms with E-state index in [4.69, 9.17) is 9.47 Å². The highest BCUT2D eigenvalue weighted by atomic mass is 32.1. The maximum absolute atomic E-state index is 13.5. The zero-order valence-corrected chi connectivity index (χ0v) is 15.8. The SMILES string of the molecule is CN(C)CCN(C(=O)c1ccc2c(c1)OCO2)c1nc2ccc(F)cc2s1. The molecule has 6 nitrogen and oxygen atoms in total. The molecule has 0 saturated heterocycles. The van der Waals surface area contributed by atoms with Crippen molar-refractivity contribution in [3.05, 3.63) is 47.8 Å². The maximum Gasteiger partial charge on any atom is 0.260 e. The van der Waals surface area contributed by atoms with Gasteiger partial charge in [-0.1, -0.05) is 11.3 Å². The molecular formula is C19H18FN3O3S. The molecule has 0 N–H and O–H groups in total. The summed E-state index contributed by atoms with van der Waals surface area (Å²) >= 11 is 1.30. The van der Waals surface area contributed by atoms with E-state index in [2.05, 4.69) is 4.98 Å². The molecule has 27 heavy (non-hydrogen) atoms. The molecule has 8 heteroatoms. The molecule has 1 aliphatic rings. The first-order chi connectivity index (χ1) is 13.0. The molecule has 0 bridgehead atoms. The van der Waals surface area contributed by atoms with E-state index in [0.717, 1.165) is 0 Å². The summed E-state index contributed by atoms with van der Waals surface area (Å²) in [6.45, 7) is 1.28. The molecule has 0 radical (unpaired) electrons. The van der Waals surface area contributed by atoms with Gasteiger partial charge < -0.3 is 14.4 Å². The zero-order chi connectivity index (χ0) is 19.0. The molecule has 0 atom stereocenters. The highest BCUT2D eigenvalue weighted by Gasteiger charge is 2.24. The molecule has 0 aliphatic carbocycles. The van der Waals surface area contributed by atoms with Crippen LogP contribution in [0.15, 0.2) is 36.4 Å². The van der Waals surface area contributed by atoms with E-state index < -0.39 is 0 Å². The highest BCUT2D eigenvalue weighted by molar-refractivity contribution is 7.22. The Morgan fingerprint density at radius 3 is 2.78 bits per heavy atom. The third-order valence-electron chi connectivity index (χ3n) is 4.21. The van der Waals surface area contributed by atoms with Crippen LogP contribution < -0.4 is 14.4 Å². The van der Waals surface area contributed by atoms with E-state index in [1.54, 1.807) is 29.2 Å². The third-order valence-corrected chi connectivity index (χ3v) is 5.25. The number of benzene rings is 2. The second-order valence-electron chi connectivity index (χ2n) is 6.44. The minimum atomic E-state index is -0.320. The number of aromatic nitrogens is 1. The zero-order valence-electron chi connectivity index (χ0n) is 14.9. The van der Waals surface area contributed by atoms with Crippen molar-refractivity contribution in [2.24, 2.45) is 0 Å². The maximum atomic E-state index is 13.5. The van der Waals surface area contributed by atoms with Crippen LogP contribution in [-0.4, -0.2) is 49.8 Å². The van der Waals surface area contributed by atoms with Crippen molar-refractivity contribution >= 4 is 32.6 Å². The second-order valence-corrected chi connectivity index (χ2v) is 7.45. The van der Waals surface area contributed by atoms with Crippen LogP contribution in [0.25, 0.3) is 10.2 Å². The Bertz CT molecular complexity index is 1010. The van der Waals surface area contributed by atoms with E-state index in [9.17, 15) is 9.18 Å². The van der Waals surface area contributed by atoms with Crippen molar-refractivity contribution in [2.45, 2.75) is 0 Å². The number of halogens is 1. The minimum absolute atomic E-state index is 0.154.